The van der Waals surface area contributed by atoms with E-state index in [0.29, 0.717) is 0 Å². The summed E-state index contributed by atoms with van der Waals surface area (Å²) >= 11 is 0. The van der Waals surface area contributed by atoms with Crippen LogP contribution < -0.4 is 0 Å². The van der Waals surface area contributed by atoms with E-state index in [2.05, 4.69) is 25.7 Å². The van der Waals surface area contributed by atoms with Gasteiger partial charge in [-0.05, 0) is 40.7 Å². The van der Waals surface area contributed by atoms with Crippen LogP contribution in [-0.4, -0.2) is 32.6 Å². The zero-order valence-electron chi connectivity index (χ0n) is 9.64. The van der Waals surface area contributed by atoms with E-state index in [1.807, 2.05) is 6.92 Å². The highest BCUT2D eigenvalue weighted by Gasteiger charge is 2.19. The largest absolute Gasteiger partial charge is 0.374 e. The van der Waals surface area contributed by atoms with Gasteiger partial charge in [-0.2, -0.15) is 0 Å². The lowest BCUT2D eigenvalue weighted by molar-refractivity contribution is -0.112. The topological polar surface area (TPSA) is 20.3 Å². The van der Waals surface area contributed by atoms with Crippen molar-refractivity contribution in [3.05, 3.63) is 11.8 Å². The molecule has 0 saturated heterocycles. The second-order valence-electron chi connectivity index (χ2n) is 4.31. The van der Waals surface area contributed by atoms with Crippen molar-refractivity contribution in [2.24, 2.45) is 0 Å². The lowest BCUT2D eigenvalue weighted by Gasteiger charge is -2.37. The van der Waals surface area contributed by atoms with Crippen molar-refractivity contribution in [1.82, 2.24) is 4.90 Å². The molecule has 0 unspecified atom stereocenters. The first kappa shape index (κ1) is 12.4. The summed E-state index contributed by atoms with van der Waals surface area (Å²) in [6.07, 6.45) is 2.78. The zero-order chi connectivity index (χ0) is 10.6. The maximum absolute atomic E-state index is 10.9. The molecule has 0 radical (unpaired) electrons. The Hall–Kier alpha value is -0.573. The first-order chi connectivity index (χ1) is 5.79. The third-order valence-electron chi connectivity index (χ3n) is 1.96. The number of hydrogen-bond acceptors (Lipinski definition) is 2. The van der Waals surface area contributed by atoms with Crippen LogP contribution in [0.3, 0.4) is 0 Å². The molecular weight excluding hydrogens is 178 g/mol. The molecule has 0 aliphatic carbocycles. The normalized spacial score (nSPS) is 13.2. The van der Waals surface area contributed by atoms with Crippen molar-refractivity contribution in [3.8, 4) is 0 Å². The van der Waals surface area contributed by atoms with Gasteiger partial charge in [0.2, 0.25) is 0 Å². The van der Waals surface area contributed by atoms with E-state index >= 15 is 0 Å². The number of rotatable bonds is 3. The predicted octanol–water partition coefficient (Wildman–Crippen LogP) is 0.903. The quantitative estimate of drug-likeness (QED) is 0.497. The Morgan fingerprint density at radius 1 is 1.38 bits per heavy atom. The molecule has 3 heteroatoms. The maximum atomic E-state index is 10.9. The van der Waals surface area contributed by atoms with Gasteiger partial charge in [-0.1, -0.05) is 0 Å². The molecule has 0 rings (SSSR count). The van der Waals surface area contributed by atoms with Crippen LogP contribution >= 0.6 is 0 Å². The molecule has 76 valence electrons. The van der Waals surface area contributed by atoms with Crippen LogP contribution in [0.4, 0.5) is 0 Å². The summed E-state index contributed by atoms with van der Waals surface area (Å²) in [6, 6.07) is 0. The van der Waals surface area contributed by atoms with Crippen LogP contribution in [0.25, 0.3) is 0 Å². The monoisotopic (exact) mass is 199 g/mol. The zero-order valence-corrected chi connectivity index (χ0v) is 11.6. The summed E-state index contributed by atoms with van der Waals surface area (Å²) in [5.41, 5.74) is 1.20. The average molecular weight is 199 g/mol. The van der Waals surface area contributed by atoms with Gasteiger partial charge in [-0.3, -0.25) is 4.79 Å². The van der Waals surface area contributed by atoms with Gasteiger partial charge in [0.15, 0.2) is 5.78 Å². The van der Waals surface area contributed by atoms with Crippen LogP contribution in [0, 0.1) is 0 Å². The standard InChI is InChI=1S/C10H21NOSi/c1-8(6-9(2)12)11(7-13)10(3,4)5/h6H,7H2,1-5,13H3/b8-6-. The van der Waals surface area contributed by atoms with E-state index in [4.69, 9.17) is 0 Å². The maximum Gasteiger partial charge on any atom is 0.154 e. The predicted molar refractivity (Wildman–Crippen MR) is 60.8 cm³/mol. The number of ketones is 1. The SMILES string of the molecule is CC(=O)/C=C(/C)N(C[SiH3])C(C)(C)C. The van der Waals surface area contributed by atoms with E-state index in [9.17, 15) is 4.79 Å². The molecule has 0 saturated carbocycles. The van der Waals surface area contributed by atoms with Crippen LogP contribution in [0.1, 0.15) is 34.6 Å². The van der Waals surface area contributed by atoms with Gasteiger partial charge in [0.1, 0.15) is 0 Å². The third kappa shape index (κ3) is 4.27. The summed E-state index contributed by atoms with van der Waals surface area (Å²) < 4.78 is 0. The highest BCUT2D eigenvalue weighted by molar-refractivity contribution is 6.08. The molecule has 0 aromatic heterocycles. The first-order valence-corrected chi connectivity index (χ1v) is 6.17. The van der Waals surface area contributed by atoms with Crippen LogP contribution in [0.2, 0.25) is 0 Å². The van der Waals surface area contributed by atoms with Crippen LogP contribution in [0.5, 0.6) is 0 Å². The summed E-state index contributed by atoms with van der Waals surface area (Å²) in [4.78, 5) is 13.2. The van der Waals surface area contributed by atoms with Crippen LogP contribution in [0.15, 0.2) is 11.8 Å². The Morgan fingerprint density at radius 2 is 1.85 bits per heavy atom. The van der Waals surface area contributed by atoms with E-state index in [-0.39, 0.29) is 11.3 Å². The summed E-state index contributed by atoms with van der Waals surface area (Å²) in [6.45, 7) is 10.1. The molecule has 0 aromatic rings. The molecule has 0 bridgehead atoms. The first-order valence-electron chi connectivity index (χ1n) is 4.75. The second kappa shape index (κ2) is 4.60. The number of hydrogen-bond donors (Lipinski definition) is 0. The highest BCUT2D eigenvalue weighted by Crippen LogP contribution is 2.17. The van der Waals surface area contributed by atoms with Gasteiger partial charge < -0.3 is 4.90 Å². The van der Waals surface area contributed by atoms with E-state index in [1.54, 1.807) is 13.0 Å². The van der Waals surface area contributed by atoms with Gasteiger partial charge in [0.25, 0.3) is 0 Å². The molecule has 0 aliphatic rings. The van der Waals surface area contributed by atoms with Crippen molar-refractivity contribution in [2.75, 3.05) is 6.17 Å². The number of nitrogens with zero attached hydrogens (tertiary/aromatic N) is 1. The molecule has 0 N–H and O–H groups in total. The Bertz CT molecular complexity index is 215. The van der Waals surface area contributed by atoms with Crippen molar-refractivity contribution < 1.29 is 4.79 Å². The van der Waals surface area contributed by atoms with E-state index in [1.165, 1.54) is 0 Å². The third-order valence-corrected chi connectivity index (χ3v) is 2.60. The Balaban J connectivity index is 4.69. The summed E-state index contributed by atoms with van der Waals surface area (Å²) in [5.74, 6) is 0.127. The van der Waals surface area contributed by atoms with E-state index < -0.39 is 0 Å². The van der Waals surface area contributed by atoms with Gasteiger partial charge >= 0.3 is 0 Å². The summed E-state index contributed by atoms with van der Waals surface area (Å²) in [5, 5.41) is 0. The highest BCUT2D eigenvalue weighted by atomic mass is 28.1. The smallest absolute Gasteiger partial charge is 0.154 e. The van der Waals surface area contributed by atoms with Crippen molar-refractivity contribution in [1.29, 1.82) is 0 Å². The molecule has 0 amide bonds. The number of allylic oxidation sites excluding steroid dienone is 2. The Morgan fingerprint density at radius 3 is 2.08 bits per heavy atom. The lowest BCUT2D eigenvalue weighted by Crippen LogP contribution is -2.40. The minimum Gasteiger partial charge on any atom is -0.374 e. The number of carbonyl (C=O) groups excluding carboxylic acids is 1. The van der Waals surface area contributed by atoms with E-state index in [0.717, 1.165) is 22.1 Å². The second-order valence-corrected chi connectivity index (χ2v) is 4.94. The van der Waals surface area contributed by atoms with Crippen LogP contribution in [-0.2, 0) is 4.79 Å². The van der Waals surface area contributed by atoms with Gasteiger partial charge in [-0.25, -0.2) is 0 Å². The molecule has 0 aliphatic heterocycles. The molecule has 2 nitrogen and oxygen atoms in total. The molecule has 0 atom stereocenters. The fraction of sp³-hybridized carbons (Fsp3) is 0.700. The Kier molecular flexibility index (Phi) is 4.40. The van der Waals surface area contributed by atoms with Crippen molar-refractivity contribution in [3.63, 3.8) is 0 Å². The van der Waals surface area contributed by atoms with Gasteiger partial charge in [0, 0.05) is 27.6 Å². The minimum absolute atomic E-state index is 0.123. The van der Waals surface area contributed by atoms with Gasteiger partial charge in [-0.15, -0.1) is 0 Å². The fourth-order valence-corrected chi connectivity index (χ4v) is 3.07. The molecule has 0 aromatic carbocycles. The minimum atomic E-state index is 0.123. The molecular formula is C10H21NOSi. The lowest BCUT2D eigenvalue weighted by atomic mass is 10.1. The summed E-state index contributed by atoms with van der Waals surface area (Å²) in [7, 11) is 1.13. The molecule has 0 fully saturated rings. The molecule has 0 heterocycles. The average Bonchev–Trinajstić information content (AvgIpc) is 1.82. The van der Waals surface area contributed by atoms with Crippen molar-refractivity contribution >= 4 is 16.0 Å². The van der Waals surface area contributed by atoms with Gasteiger partial charge in [0.05, 0.1) is 0 Å². The number of carbonyl (C=O) groups is 1. The molecule has 0 spiro atoms. The Labute approximate surface area is 84.4 Å². The van der Waals surface area contributed by atoms with Crippen molar-refractivity contribution in [2.45, 2.75) is 40.2 Å². The fourth-order valence-electron chi connectivity index (χ4n) is 1.62. The molecule has 13 heavy (non-hydrogen) atoms.